The van der Waals surface area contributed by atoms with Gasteiger partial charge in [0, 0.05) is 31.0 Å². The molecule has 0 spiro atoms. The first-order chi connectivity index (χ1) is 14.3. The van der Waals surface area contributed by atoms with Gasteiger partial charge in [-0.15, -0.1) is 5.10 Å². The largest absolute Gasteiger partial charge is 0.381 e. The summed E-state index contributed by atoms with van der Waals surface area (Å²) in [7, 11) is 0. The fraction of sp³-hybridized carbons (Fsp3) is 0.545. The van der Waals surface area contributed by atoms with Gasteiger partial charge in [-0.3, -0.25) is 14.6 Å². The number of nitrogens with zero attached hydrogens (tertiary/aromatic N) is 3. The molecule has 3 aliphatic rings. The zero-order valence-corrected chi connectivity index (χ0v) is 17.8. The number of carbonyl (C=O) groups excluding carboxylic acids is 1. The molecule has 3 saturated carbocycles. The fourth-order valence-electron chi connectivity index (χ4n) is 5.17. The highest BCUT2D eigenvalue weighted by Gasteiger charge is 2.56. The van der Waals surface area contributed by atoms with Gasteiger partial charge in [0.05, 0.1) is 5.69 Å². The number of nitrogens with two attached hydrogens (primary N) is 1. The molecule has 2 bridgehead atoms. The number of pyridine rings is 1. The molecule has 3 aliphatic carbocycles. The molecule has 8 nitrogen and oxygen atoms in total. The third kappa shape index (κ3) is 3.78. The molecule has 0 aliphatic heterocycles. The van der Waals surface area contributed by atoms with Crippen molar-refractivity contribution in [3.63, 3.8) is 0 Å². The minimum absolute atomic E-state index is 0.174. The van der Waals surface area contributed by atoms with E-state index in [0.717, 1.165) is 16.7 Å². The van der Waals surface area contributed by atoms with Crippen molar-refractivity contribution in [2.75, 3.05) is 11.1 Å². The Bertz CT molecular complexity index is 987. The Morgan fingerprint density at radius 1 is 1.30 bits per heavy atom. The lowest BCUT2D eigenvalue weighted by Crippen LogP contribution is -2.58. The Morgan fingerprint density at radius 3 is 2.70 bits per heavy atom. The standard InChI is InChI=1S/C22H30N6O2/c1-13-16-8-15(22(16,2)3)9-17(13)26-18-10-20(30)28(27-21(18)23)12-19(29)25-11-14-4-6-24-7-5-14/h4-7,10,13,15-17,26H,8-9,11-12H2,1-3H3,(H2,23,27)(H,25,29)/t13-,15+,16+,17+/m0/s1. The van der Waals surface area contributed by atoms with Crippen LogP contribution in [-0.2, 0) is 17.9 Å². The molecule has 4 N–H and O–H groups in total. The van der Waals surface area contributed by atoms with Gasteiger partial charge >= 0.3 is 0 Å². The van der Waals surface area contributed by atoms with Crippen molar-refractivity contribution in [3.05, 3.63) is 46.5 Å². The number of hydrogen-bond acceptors (Lipinski definition) is 6. The quantitative estimate of drug-likeness (QED) is 0.671. The van der Waals surface area contributed by atoms with E-state index >= 15 is 0 Å². The molecule has 2 aromatic heterocycles. The first-order valence-electron chi connectivity index (χ1n) is 10.6. The minimum Gasteiger partial charge on any atom is -0.381 e. The van der Waals surface area contributed by atoms with Gasteiger partial charge in [-0.25, -0.2) is 4.68 Å². The second-order valence-electron chi connectivity index (χ2n) is 9.28. The smallest absolute Gasteiger partial charge is 0.269 e. The number of anilines is 2. The van der Waals surface area contributed by atoms with Crippen LogP contribution in [0.2, 0.25) is 0 Å². The molecule has 30 heavy (non-hydrogen) atoms. The second kappa shape index (κ2) is 7.74. The fourth-order valence-corrected chi connectivity index (χ4v) is 5.17. The topological polar surface area (TPSA) is 115 Å². The van der Waals surface area contributed by atoms with Crippen molar-refractivity contribution in [3.8, 4) is 0 Å². The van der Waals surface area contributed by atoms with Crippen LogP contribution >= 0.6 is 0 Å². The van der Waals surface area contributed by atoms with E-state index in [1.165, 1.54) is 12.5 Å². The third-order valence-electron chi connectivity index (χ3n) is 7.25. The lowest BCUT2D eigenvalue weighted by Gasteiger charge is -2.62. The van der Waals surface area contributed by atoms with Gasteiger partial charge in [-0.1, -0.05) is 20.8 Å². The molecule has 160 valence electrons. The molecule has 2 aromatic rings. The lowest BCUT2D eigenvalue weighted by atomic mass is 9.45. The Hall–Kier alpha value is -2.90. The second-order valence-corrected chi connectivity index (χ2v) is 9.28. The predicted octanol–water partition coefficient (Wildman–Crippen LogP) is 2.02. The van der Waals surface area contributed by atoms with Crippen LogP contribution in [0.5, 0.6) is 0 Å². The Kier molecular flexibility index (Phi) is 5.26. The van der Waals surface area contributed by atoms with Crippen LogP contribution in [0.1, 0.15) is 39.2 Å². The van der Waals surface area contributed by atoms with Crippen LogP contribution in [0.25, 0.3) is 0 Å². The first-order valence-corrected chi connectivity index (χ1v) is 10.6. The highest BCUT2D eigenvalue weighted by atomic mass is 16.2. The van der Waals surface area contributed by atoms with Crippen LogP contribution in [0.3, 0.4) is 0 Å². The van der Waals surface area contributed by atoms with E-state index in [1.807, 2.05) is 12.1 Å². The summed E-state index contributed by atoms with van der Waals surface area (Å²) in [4.78, 5) is 28.7. The minimum atomic E-state index is -0.347. The molecule has 5 rings (SSSR count). The number of hydrogen-bond donors (Lipinski definition) is 3. The number of fused-ring (bicyclic) bond motifs is 2. The van der Waals surface area contributed by atoms with Gasteiger partial charge in [0.1, 0.15) is 6.54 Å². The van der Waals surface area contributed by atoms with E-state index in [1.54, 1.807) is 12.4 Å². The van der Waals surface area contributed by atoms with Gasteiger partial charge in [-0.2, -0.15) is 0 Å². The van der Waals surface area contributed by atoms with Crippen LogP contribution in [0.4, 0.5) is 11.5 Å². The Balaban J connectivity index is 1.39. The maximum atomic E-state index is 12.5. The van der Waals surface area contributed by atoms with Crippen LogP contribution < -0.4 is 21.9 Å². The average Bonchev–Trinajstić information content (AvgIpc) is 2.71. The summed E-state index contributed by atoms with van der Waals surface area (Å²) >= 11 is 0. The van der Waals surface area contributed by atoms with Gasteiger partial charge in [-0.05, 0) is 53.7 Å². The van der Waals surface area contributed by atoms with E-state index in [2.05, 4.69) is 41.5 Å². The number of nitrogen functional groups attached to an aromatic ring is 1. The summed E-state index contributed by atoms with van der Waals surface area (Å²) in [6.45, 7) is 7.18. The van der Waals surface area contributed by atoms with Gasteiger partial charge in [0.2, 0.25) is 5.91 Å². The summed E-state index contributed by atoms with van der Waals surface area (Å²) < 4.78 is 1.10. The van der Waals surface area contributed by atoms with E-state index in [-0.39, 0.29) is 29.9 Å². The van der Waals surface area contributed by atoms with E-state index < -0.39 is 0 Å². The number of aromatic nitrogens is 3. The Labute approximate surface area is 176 Å². The van der Waals surface area contributed by atoms with Crippen molar-refractivity contribution in [1.29, 1.82) is 0 Å². The molecular weight excluding hydrogens is 380 g/mol. The molecule has 8 heteroatoms. The number of carbonyl (C=O) groups is 1. The average molecular weight is 411 g/mol. The van der Waals surface area contributed by atoms with Crippen LogP contribution in [0.15, 0.2) is 35.4 Å². The highest BCUT2D eigenvalue weighted by Crippen LogP contribution is 2.61. The zero-order chi connectivity index (χ0) is 21.5. The van der Waals surface area contributed by atoms with E-state index in [4.69, 9.17) is 5.73 Å². The Morgan fingerprint density at radius 2 is 2.03 bits per heavy atom. The van der Waals surface area contributed by atoms with Crippen molar-refractivity contribution < 1.29 is 4.79 Å². The monoisotopic (exact) mass is 410 g/mol. The molecule has 4 atom stereocenters. The van der Waals surface area contributed by atoms with Crippen LogP contribution in [-0.4, -0.2) is 26.7 Å². The first kappa shape index (κ1) is 20.4. The predicted molar refractivity (Wildman–Crippen MR) is 116 cm³/mol. The summed E-state index contributed by atoms with van der Waals surface area (Å²) in [5, 5.41) is 10.4. The summed E-state index contributed by atoms with van der Waals surface area (Å²) in [5.41, 5.74) is 7.66. The molecular formula is C22H30N6O2. The lowest BCUT2D eigenvalue weighted by molar-refractivity contribution is -0.122. The maximum absolute atomic E-state index is 12.5. The normalized spacial score (nSPS) is 26.5. The zero-order valence-electron chi connectivity index (χ0n) is 17.8. The molecule has 0 unspecified atom stereocenters. The van der Waals surface area contributed by atoms with Crippen molar-refractivity contribution in [1.82, 2.24) is 20.1 Å². The number of rotatable bonds is 6. The maximum Gasteiger partial charge on any atom is 0.269 e. The molecule has 1 amide bonds. The third-order valence-corrected chi connectivity index (χ3v) is 7.25. The summed E-state index contributed by atoms with van der Waals surface area (Å²) in [6.07, 6.45) is 5.69. The van der Waals surface area contributed by atoms with Gasteiger partial charge in [0.25, 0.3) is 5.56 Å². The van der Waals surface area contributed by atoms with Crippen molar-refractivity contribution >= 4 is 17.4 Å². The van der Waals surface area contributed by atoms with Crippen molar-refractivity contribution in [2.24, 2.45) is 23.2 Å². The van der Waals surface area contributed by atoms with Gasteiger partial charge in [0.15, 0.2) is 5.82 Å². The highest BCUT2D eigenvalue weighted by molar-refractivity contribution is 5.75. The number of nitrogens with one attached hydrogen (secondary N) is 2. The summed E-state index contributed by atoms with van der Waals surface area (Å²) in [5.74, 6) is 1.83. The summed E-state index contributed by atoms with van der Waals surface area (Å²) in [6, 6.07) is 5.38. The molecule has 0 radical (unpaired) electrons. The number of amides is 1. The molecule has 0 aromatic carbocycles. The van der Waals surface area contributed by atoms with Crippen molar-refractivity contribution in [2.45, 2.75) is 52.7 Å². The van der Waals surface area contributed by atoms with E-state index in [0.29, 0.717) is 35.4 Å². The van der Waals surface area contributed by atoms with Crippen LogP contribution in [0, 0.1) is 23.2 Å². The molecule has 2 heterocycles. The molecule has 0 saturated heterocycles. The molecule has 3 fully saturated rings. The van der Waals surface area contributed by atoms with E-state index in [9.17, 15) is 9.59 Å². The van der Waals surface area contributed by atoms with Gasteiger partial charge < -0.3 is 16.4 Å². The SMILES string of the molecule is C[C@H]1[C@H]2C[C@H](C[C@H]1Nc1cc(=O)n(CC(=O)NCc3ccncc3)nc1N)C2(C)C.